The van der Waals surface area contributed by atoms with Gasteiger partial charge in [-0.05, 0) is 47.0 Å². The smallest absolute Gasteiger partial charge is 0.410 e. The Bertz CT molecular complexity index is 516. The zero-order valence-electron chi connectivity index (χ0n) is 14.2. The van der Waals surface area contributed by atoms with Gasteiger partial charge in [0, 0.05) is 30.4 Å². The zero-order valence-corrected chi connectivity index (χ0v) is 15.0. The first-order valence-corrected chi connectivity index (χ1v) is 8.64. The van der Waals surface area contributed by atoms with Crippen LogP contribution in [0.1, 0.15) is 42.8 Å². The normalized spacial score (nSPS) is 20.3. The molecule has 1 fully saturated rings. The summed E-state index contributed by atoms with van der Waals surface area (Å²) < 4.78 is 5.42. The van der Waals surface area contributed by atoms with Crippen LogP contribution in [0.3, 0.4) is 0 Å². The van der Waals surface area contributed by atoms with Crippen molar-refractivity contribution in [2.75, 3.05) is 13.1 Å². The van der Waals surface area contributed by atoms with E-state index in [1.165, 1.54) is 4.88 Å². The first-order chi connectivity index (χ1) is 10.2. The van der Waals surface area contributed by atoms with Gasteiger partial charge in [0.2, 0.25) is 0 Å². The minimum absolute atomic E-state index is 0.0392. The lowest BCUT2D eigenvalue weighted by atomic mass is 9.97. The molecule has 1 aromatic rings. The second-order valence-corrected chi connectivity index (χ2v) is 8.38. The second-order valence-electron chi connectivity index (χ2n) is 7.09. The highest BCUT2D eigenvalue weighted by molar-refractivity contribution is 7.11. The van der Waals surface area contributed by atoms with Gasteiger partial charge in [0.25, 0.3) is 0 Å². The Labute approximate surface area is 136 Å². The van der Waals surface area contributed by atoms with Gasteiger partial charge in [-0.2, -0.15) is 0 Å². The Morgan fingerprint density at radius 1 is 1.50 bits per heavy atom. The molecule has 0 aromatic carbocycles. The summed E-state index contributed by atoms with van der Waals surface area (Å²) in [5, 5.41) is 1.10. The van der Waals surface area contributed by atoms with Crippen molar-refractivity contribution in [2.45, 2.75) is 59.1 Å². The van der Waals surface area contributed by atoms with Gasteiger partial charge < -0.3 is 15.4 Å². The highest BCUT2D eigenvalue weighted by atomic mass is 32.1. The van der Waals surface area contributed by atoms with E-state index in [0.717, 1.165) is 30.1 Å². The topological polar surface area (TPSA) is 68.5 Å². The van der Waals surface area contributed by atoms with Crippen molar-refractivity contribution in [3.63, 3.8) is 0 Å². The molecule has 1 aromatic heterocycles. The molecule has 1 amide bonds. The summed E-state index contributed by atoms with van der Waals surface area (Å²) in [6, 6.07) is 0.0392. The molecular weight excluding hydrogens is 298 g/mol. The molecule has 2 heterocycles. The number of carbonyl (C=O) groups excluding carboxylic acids is 1. The van der Waals surface area contributed by atoms with Gasteiger partial charge >= 0.3 is 6.09 Å². The van der Waals surface area contributed by atoms with E-state index in [0.29, 0.717) is 12.5 Å². The predicted octanol–water partition coefficient (Wildman–Crippen LogP) is 2.89. The average molecular weight is 325 g/mol. The summed E-state index contributed by atoms with van der Waals surface area (Å²) in [5.41, 5.74) is 6.99. The molecule has 0 aliphatic carbocycles. The molecule has 124 valence electrons. The highest BCUT2D eigenvalue weighted by Gasteiger charge is 2.33. The molecule has 0 radical (unpaired) electrons. The molecule has 2 atom stereocenters. The van der Waals surface area contributed by atoms with E-state index >= 15 is 0 Å². The number of aromatic nitrogens is 1. The van der Waals surface area contributed by atoms with Gasteiger partial charge in [-0.15, -0.1) is 11.3 Å². The lowest BCUT2D eigenvalue weighted by Crippen LogP contribution is -2.38. The molecule has 0 bridgehead atoms. The van der Waals surface area contributed by atoms with Crippen LogP contribution in [0.2, 0.25) is 0 Å². The molecule has 1 saturated heterocycles. The third kappa shape index (κ3) is 4.43. The van der Waals surface area contributed by atoms with Crippen LogP contribution in [0.15, 0.2) is 0 Å². The van der Waals surface area contributed by atoms with Gasteiger partial charge in [0.05, 0.1) is 10.7 Å². The number of thiazole rings is 1. The van der Waals surface area contributed by atoms with Crippen LogP contribution in [-0.2, 0) is 11.2 Å². The van der Waals surface area contributed by atoms with Crippen molar-refractivity contribution in [3.05, 3.63) is 15.6 Å². The number of nitrogens with two attached hydrogens (primary N) is 1. The molecule has 1 aliphatic rings. The molecule has 2 unspecified atom stereocenters. The molecule has 2 rings (SSSR count). The Morgan fingerprint density at radius 2 is 2.18 bits per heavy atom. The standard InChI is InChI=1S/C16H27N3O2S/c1-10-11(2)22-14(18-10)8-13(17)12-6-7-19(9-12)15(20)21-16(3,4)5/h12-13H,6-9,17H2,1-5H3. The number of hydrogen-bond donors (Lipinski definition) is 1. The van der Waals surface area contributed by atoms with Gasteiger partial charge in [0.1, 0.15) is 5.60 Å². The highest BCUT2D eigenvalue weighted by Crippen LogP contribution is 2.25. The maximum absolute atomic E-state index is 12.1. The van der Waals surface area contributed by atoms with Gasteiger partial charge in [-0.1, -0.05) is 0 Å². The monoisotopic (exact) mass is 325 g/mol. The van der Waals surface area contributed by atoms with Gasteiger partial charge in [-0.25, -0.2) is 9.78 Å². The van der Waals surface area contributed by atoms with Gasteiger partial charge in [-0.3, -0.25) is 0 Å². The van der Waals surface area contributed by atoms with E-state index in [2.05, 4.69) is 11.9 Å². The Hall–Kier alpha value is -1.14. The molecule has 0 saturated carbocycles. The van der Waals surface area contributed by atoms with Crippen LogP contribution in [0, 0.1) is 19.8 Å². The van der Waals surface area contributed by atoms with Gasteiger partial charge in [0.15, 0.2) is 0 Å². The predicted molar refractivity (Wildman–Crippen MR) is 89.2 cm³/mol. The molecule has 2 N–H and O–H groups in total. The maximum atomic E-state index is 12.1. The van der Waals surface area contributed by atoms with E-state index in [9.17, 15) is 4.79 Å². The number of nitrogens with zero attached hydrogens (tertiary/aromatic N) is 2. The molecule has 5 nitrogen and oxygen atoms in total. The average Bonchev–Trinajstić information content (AvgIpc) is 2.95. The van der Waals surface area contributed by atoms with Crippen molar-refractivity contribution >= 4 is 17.4 Å². The number of rotatable bonds is 3. The van der Waals surface area contributed by atoms with Crippen LogP contribution >= 0.6 is 11.3 Å². The number of hydrogen-bond acceptors (Lipinski definition) is 5. The second kappa shape index (κ2) is 6.54. The van der Waals surface area contributed by atoms with Crippen LogP contribution in [0.5, 0.6) is 0 Å². The number of aryl methyl sites for hydroxylation is 2. The largest absolute Gasteiger partial charge is 0.444 e. The minimum atomic E-state index is -0.451. The molecular formula is C16H27N3O2S. The van der Waals surface area contributed by atoms with E-state index in [1.807, 2.05) is 27.7 Å². The van der Waals surface area contributed by atoms with Crippen LogP contribution in [-0.4, -0.2) is 40.7 Å². The van der Waals surface area contributed by atoms with Crippen molar-refractivity contribution < 1.29 is 9.53 Å². The summed E-state index contributed by atoms with van der Waals surface area (Å²) in [7, 11) is 0. The summed E-state index contributed by atoms with van der Waals surface area (Å²) in [5.74, 6) is 0.317. The summed E-state index contributed by atoms with van der Waals surface area (Å²) in [6.45, 7) is 11.2. The fraction of sp³-hybridized carbons (Fsp3) is 0.750. The summed E-state index contributed by atoms with van der Waals surface area (Å²) >= 11 is 1.72. The summed E-state index contributed by atoms with van der Waals surface area (Å²) in [4.78, 5) is 19.7. The maximum Gasteiger partial charge on any atom is 0.410 e. The van der Waals surface area contributed by atoms with E-state index in [4.69, 9.17) is 10.5 Å². The molecule has 0 spiro atoms. The van der Waals surface area contributed by atoms with Crippen LogP contribution in [0.4, 0.5) is 4.79 Å². The summed E-state index contributed by atoms with van der Waals surface area (Å²) in [6.07, 6.45) is 1.48. The quantitative estimate of drug-likeness (QED) is 0.928. The SMILES string of the molecule is Cc1nc(CC(N)C2CCN(C(=O)OC(C)(C)C)C2)sc1C. The molecule has 1 aliphatic heterocycles. The van der Waals surface area contributed by atoms with E-state index in [-0.39, 0.29) is 12.1 Å². The number of ether oxygens (including phenoxy) is 1. The Kier molecular flexibility index (Phi) is 5.12. The zero-order chi connectivity index (χ0) is 16.5. The fourth-order valence-corrected chi connectivity index (χ4v) is 3.63. The number of amides is 1. The number of carbonyl (C=O) groups is 1. The lowest BCUT2D eigenvalue weighted by molar-refractivity contribution is 0.0286. The molecule has 6 heteroatoms. The fourth-order valence-electron chi connectivity index (χ4n) is 2.62. The first-order valence-electron chi connectivity index (χ1n) is 7.82. The van der Waals surface area contributed by atoms with Crippen LogP contribution < -0.4 is 5.73 Å². The van der Waals surface area contributed by atoms with E-state index in [1.54, 1.807) is 16.2 Å². The first kappa shape index (κ1) is 17.2. The Balaban J connectivity index is 1.88. The van der Waals surface area contributed by atoms with Crippen molar-refractivity contribution in [3.8, 4) is 0 Å². The molecule has 22 heavy (non-hydrogen) atoms. The van der Waals surface area contributed by atoms with Crippen molar-refractivity contribution in [2.24, 2.45) is 11.7 Å². The third-order valence-electron chi connectivity index (χ3n) is 3.97. The van der Waals surface area contributed by atoms with Crippen molar-refractivity contribution in [1.29, 1.82) is 0 Å². The lowest BCUT2D eigenvalue weighted by Gasteiger charge is -2.25. The van der Waals surface area contributed by atoms with Crippen LogP contribution in [0.25, 0.3) is 0 Å². The minimum Gasteiger partial charge on any atom is -0.444 e. The Morgan fingerprint density at radius 3 is 2.73 bits per heavy atom. The van der Waals surface area contributed by atoms with E-state index < -0.39 is 5.60 Å². The number of likely N-dealkylation sites (tertiary alicyclic amines) is 1. The van der Waals surface area contributed by atoms with Crippen molar-refractivity contribution in [1.82, 2.24) is 9.88 Å². The third-order valence-corrected chi connectivity index (χ3v) is 5.06.